The molecule has 198 valence electrons. The Morgan fingerprint density at radius 3 is 2.74 bits per heavy atom. The smallest absolute Gasteiger partial charge is 0.275 e. The van der Waals surface area contributed by atoms with Gasteiger partial charge in [0.2, 0.25) is 0 Å². The van der Waals surface area contributed by atoms with Crippen molar-refractivity contribution < 1.29 is 14.6 Å². The fraction of sp³-hybridized carbons (Fsp3) is 0.433. The third-order valence-corrected chi connectivity index (χ3v) is 7.90. The first-order valence-electron chi connectivity index (χ1n) is 13.4. The molecule has 2 aliphatic rings. The number of nitrogens with zero attached hydrogens (tertiary/aromatic N) is 4. The van der Waals surface area contributed by atoms with Gasteiger partial charge in [-0.3, -0.25) is 4.79 Å². The van der Waals surface area contributed by atoms with Gasteiger partial charge in [-0.25, -0.2) is 4.98 Å². The number of piperazine rings is 1. The largest absolute Gasteiger partial charge is 0.385 e. The van der Waals surface area contributed by atoms with Crippen molar-refractivity contribution in [1.29, 1.82) is 5.26 Å². The Morgan fingerprint density at radius 1 is 1.21 bits per heavy atom. The molecule has 1 aliphatic carbocycles. The number of carbonyl (C=O) groups is 1. The first kappa shape index (κ1) is 26.1. The van der Waals surface area contributed by atoms with E-state index in [0.717, 1.165) is 36.1 Å². The Kier molecular flexibility index (Phi) is 7.89. The van der Waals surface area contributed by atoms with Crippen LogP contribution in [0.5, 0.6) is 0 Å². The quantitative estimate of drug-likeness (QED) is 0.501. The Hall–Kier alpha value is -3.51. The lowest BCUT2D eigenvalue weighted by atomic mass is 9.80. The number of amides is 1. The molecular weight excluding hydrogens is 478 g/mol. The molecule has 2 fully saturated rings. The maximum atomic E-state index is 14.2. The van der Waals surface area contributed by atoms with E-state index < -0.39 is 5.60 Å². The molecule has 3 atom stereocenters. The summed E-state index contributed by atoms with van der Waals surface area (Å²) in [5.74, 6) is -0.103. The zero-order valence-corrected chi connectivity index (χ0v) is 21.8. The van der Waals surface area contributed by atoms with Crippen LogP contribution < -0.4 is 5.32 Å². The van der Waals surface area contributed by atoms with Gasteiger partial charge in [-0.15, -0.1) is 0 Å². The van der Waals surface area contributed by atoms with Gasteiger partial charge >= 0.3 is 0 Å². The van der Waals surface area contributed by atoms with Crippen molar-refractivity contribution in [3.8, 4) is 17.3 Å². The maximum absolute atomic E-state index is 14.2. The van der Waals surface area contributed by atoms with E-state index in [1.54, 1.807) is 13.4 Å². The number of ether oxygens (including phenoxy) is 1. The summed E-state index contributed by atoms with van der Waals surface area (Å²) in [4.78, 5) is 20.8. The van der Waals surface area contributed by atoms with Crippen molar-refractivity contribution in [2.45, 2.75) is 49.8 Å². The van der Waals surface area contributed by atoms with Gasteiger partial charge in [-0.05, 0) is 37.0 Å². The number of hydrogen-bond acceptors (Lipinski definition) is 6. The highest BCUT2D eigenvalue weighted by Crippen LogP contribution is 2.41. The highest BCUT2D eigenvalue weighted by Gasteiger charge is 2.42. The minimum atomic E-state index is -1.02. The number of carbonyl (C=O) groups excluding carboxylic acids is 1. The molecule has 5 rings (SSSR count). The summed E-state index contributed by atoms with van der Waals surface area (Å²) in [5.41, 5.74) is 2.73. The van der Waals surface area contributed by atoms with Crippen LogP contribution in [0.1, 0.15) is 53.3 Å². The van der Waals surface area contributed by atoms with E-state index in [2.05, 4.69) is 11.4 Å². The van der Waals surface area contributed by atoms with Crippen molar-refractivity contribution in [1.82, 2.24) is 19.8 Å². The predicted octanol–water partition coefficient (Wildman–Crippen LogP) is 3.57. The van der Waals surface area contributed by atoms with Gasteiger partial charge in [0.15, 0.2) is 5.69 Å². The van der Waals surface area contributed by atoms with Crippen molar-refractivity contribution >= 4 is 5.91 Å². The average Bonchev–Trinajstić information content (AvgIpc) is 3.39. The lowest BCUT2D eigenvalue weighted by Crippen LogP contribution is -2.54. The summed E-state index contributed by atoms with van der Waals surface area (Å²) in [6, 6.07) is 19.3. The number of hydrogen-bond donors (Lipinski definition) is 2. The summed E-state index contributed by atoms with van der Waals surface area (Å²) >= 11 is 0. The van der Waals surface area contributed by atoms with Gasteiger partial charge in [0.05, 0.1) is 36.3 Å². The molecule has 0 unspecified atom stereocenters. The molecule has 1 saturated heterocycles. The average molecular weight is 514 g/mol. The summed E-state index contributed by atoms with van der Waals surface area (Å²) in [6.07, 6.45) is 5.78. The Labute approximate surface area is 223 Å². The first-order chi connectivity index (χ1) is 18.5. The molecule has 0 spiro atoms. The molecule has 0 bridgehead atoms. The zero-order chi connectivity index (χ0) is 26.5. The number of imidazole rings is 1. The highest BCUT2D eigenvalue weighted by molar-refractivity contribution is 5.98. The van der Waals surface area contributed by atoms with Crippen LogP contribution in [-0.4, -0.2) is 70.5 Å². The van der Waals surface area contributed by atoms with Crippen LogP contribution >= 0.6 is 0 Å². The maximum Gasteiger partial charge on any atom is 0.275 e. The SMILES string of the molecule is COC[C@]1(O)CCCC[C@H]1n1cnc(C(=O)N2CCNC[C@H]2Cc2ccc(C#N)cc2)c1-c1ccccc1. The third kappa shape index (κ3) is 5.23. The number of nitriles is 1. The van der Waals surface area contributed by atoms with Crippen molar-refractivity contribution in [3.63, 3.8) is 0 Å². The number of rotatable bonds is 7. The van der Waals surface area contributed by atoms with Gasteiger partial charge in [0.25, 0.3) is 5.91 Å². The van der Waals surface area contributed by atoms with Crippen LogP contribution in [0.2, 0.25) is 0 Å². The third-order valence-electron chi connectivity index (χ3n) is 7.90. The minimum absolute atomic E-state index is 0.0435. The van der Waals surface area contributed by atoms with Crippen LogP contribution in [0.25, 0.3) is 11.3 Å². The topological polar surface area (TPSA) is 103 Å². The predicted molar refractivity (Wildman–Crippen MR) is 145 cm³/mol. The Balaban J connectivity index is 1.51. The fourth-order valence-corrected chi connectivity index (χ4v) is 5.99. The first-order valence-corrected chi connectivity index (χ1v) is 13.4. The lowest BCUT2D eigenvalue weighted by Gasteiger charge is -2.41. The van der Waals surface area contributed by atoms with Gasteiger partial charge < -0.3 is 24.6 Å². The van der Waals surface area contributed by atoms with Crippen LogP contribution in [0, 0.1) is 11.3 Å². The van der Waals surface area contributed by atoms with Crippen molar-refractivity contribution in [2.75, 3.05) is 33.4 Å². The fourth-order valence-electron chi connectivity index (χ4n) is 5.99. The number of benzene rings is 2. The summed E-state index contributed by atoms with van der Waals surface area (Å²) < 4.78 is 7.45. The molecule has 38 heavy (non-hydrogen) atoms. The monoisotopic (exact) mass is 513 g/mol. The molecule has 8 nitrogen and oxygen atoms in total. The second-order valence-corrected chi connectivity index (χ2v) is 10.4. The normalized spacial score (nSPS) is 23.7. The van der Waals surface area contributed by atoms with E-state index >= 15 is 0 Å². The lowest BCUT2D eigenvalue weighted by molar-refractivity contribution is -0.0893. The van der Waals surface area contributed by atoms with Crippen LogP contribution in [0.3, 0.4) is 0 Å². The van der Waals surface area contributed by atoms with E-state index in [1.807, 2.05) is 64.1 Å². The standard InChI is InChI=1S/C30H35N5O3/c1-38-20-30(37)14-6-5-9-26(30)35-21-33-27(28(35)24-7-3-2-4-8-24)29(36)34-16-15-32-19-25(34)17-22-10-12-23(18-31)13-11-22/h2-4,7-8,10-13,21,25-26,32,37H,5-6,9,14-17,19-20H2,1H3/t25-,26-,30-/m1/s1. The molecule has 2 heterocycles. The van der Waals surface area contributed by atoms with E-state index in [9.17, 15) is 9.90 Å². The summed E-state index contributed by atoms with van der Waals surface area (Å²) in [7, 11) is 1.61. The molecule has 1 aliphatic heterocycles. The molecule has 8 heteroatoms. The zero-order valence-electron chi connectivity index (χ0n) is 21.8. The number of nitrogens with one attached hydrogen (secondary N) is 1. The summed E-state index contributed by atoms with van der Waals surface area (Å²) in [6.45, 7) is 2.21. The van der Waals surface area contributed by atoms with Crippen LogP contribution in [0.15, 0.2) is 60.9 Å². The van der Waals surface area contributed by atoms with Gasteiger partial charge in [-0.1, -0.05) is 55.3 Å². The minimum Gasteiger partial charge on any atom is -0.385 e. The molecule has 1 amide bonds. The highest BCUT2D eigenvalue weighted by atomic mass is 16.5. The summed E-state index contributed by atoms with van der Waals surface area (Å²) in [5, 5.41) is 24.1. The molecule has 1 saturated carbocycles. The van der Waals surface area contributed by atoms with Gasteiger partial charge in [0.1, 0.15) is 5.60 Å². The molecule has 3 aromatic rings. The molecule has 1 aromatic heterocycles. The molecule has 2 N–H and O–H groups in total. The van der Waals surface area contributed by atoms with E-state index in [4.69, 9.17) is 15.0 Å². The van der Waals surface area contributed by atoms with Gasteiger partial charge in [-0.2, -0.15) is 5.26 Å². The van der Waals surface area contributed by atoms with E-state index in [0.29, 0.717) is 43.7 Å². The second kappa shape index (κ2) is 11.5. The Bertz CT molecular complexity index is 1280. The van der Waals surface area contributed by atoms with E-state index in [1.165, 1.54) is 0 Å². The molecule has 0 radical (unpaired) electrons. The Morgan fingerprint density at radius 2 is 2.00 bits per heavy atom. The van der Waals surface area contributed by atoms with Crippen LogP contribution in [0.4, 0.5) is 0 Å². The number of aromatic nitrogens is 2. The van der Waals surface area contributed by atoms with Gasteiger partial charge in [0, 0.05) is 38.3 Å². The van der Waals surface area contributed by atoms with Crippen LogP contribution in [-0.2, 0) is 11.2 Å². The van der Waals surface area contributed by atoms with Crippen molar-refractivity contribution in [2.24, 2.45) is 0 Å². The second-order valence-electron chi connectivity index (χ2n) is 10.4. The van der Waals surface area contributed by atoms with E-state index in [-0.39, 0.29) is 24.6 Å². The number of aliphatic hydroxyl groups is 1. The molecule has 2 aromatic carbocycles. The van der Waals surface area contributed by atoms with Crippen molar-refractivity contribution in [3.05, 3.63) is 77.7 Å². The number of methoxy groups -OCH3 is 1. The molecular formula is C30H35N5O3.